The first-order valence-electron chi connectivity index (χ1n) is 5.97. The molecule has 1 aromatic rings. The van der Waals surface area contributed by atoms with Crippen LogP contribution < -0.4 is 16.8 Å². The highest BCUT2D eigenvalue weighted by Gasteiger charge is 2.25. The van der Waals surface area contributed by atoms with E-state index in [0.717, 1.165) is 6.54 Å². The molecule has 5 N–H and O–H groups in total. The zero-order valence-corrected chi connectivity index (χ0v) is 11.1. The van der Waals surface area contributed by atoms with Gasteiger partial charge in [0.25, 0.3) is 0 Å². The van der Waals surface area contributed by atoms with Gasteiger partial charge in [0.15, 0.2) is 5.82 Å². The van der Waals surface area contributed by atoms with Gasteiger partial charge in [-0.05, 0) is 26.0 Å². The highest BCUT2D eigenvalue weighted by atomic mass is 35.5. The summed E-state index contributed by atoms with van der Waals surface area (Å²) in [6.07, 6.45) is 2.50. The molecule has 2 rings (SSSR count). The molecule has 0 spiro atoms. The van der Waals surface area contributed by atoms with Gasteiger partial charge in [0.1, 0.15) is 5.02 Å². The summed E-state index contributed by atoms with van der Waals surface area (Å²) in [6.45, 7) is 1.46. The Morgan fingerprint density at radius 2 is 2.11 bits per heavy atom. The number of nitrogen functional groups attached to an aromatic ring is 2. The van der Waals surface area contributed by atoms with Crippen LogP contribution in [0.1, 0.15) is 12.8 Å². The van der Waals surface area contributed by atoms with Crippen LogP contribution in [0.2, 0.25) is 5.02 Å². The molecule has 0 unspecified atom stereocenters. The molecule has 0 bridgehead atoms. The van der Waals surface area contributed by atoms with E-state index in [2.05, 4.69) is 17.3 Å². The molecular formula is C12H18ClFN4. The summed E-state index contributed by atoms with van der Waals surface area (Å²) in [5, 5.41) is 2.90. The van der Waals surface area contributed by atoms with E-state index in [9.17, 15) is 4.39 Å². The highest BCUT2D eigenvalue weighted by Crippen LogP contribution is 2.33. The van der Waals surface area contributed by atoms with Gasteiger partial charge in [-0.1, -0.05) is 11.6 Å². The zero-order chi connectivity index (χ0) is 13.3. The van der Waals surface area contributed by atoms with Crippen molar-refractivity contribution in [2.75, 3.05) is 36.9 Å². The van der Waals surface area contributed by atoms with E-state index < -0.39 is 5.82 Å². The molecular weight excluding hydrogens is 255 g/mol. The van der Waals surface area contributed by atoms with Crippen LogP contribution in [-0.4, -0.2) is 31.1 Å². The van der Waals surface area contributed by atoms with Crippen LogP contribution in [0.25, 0.3) is 0 Å². The van der Waals surface area contributed by atoms with E-state index in [0.29, 0.717) is 12.6 Å². The largest absolute Gasteiger partial charge is 0.397 e. The molecule has 0 aliphatic heterocycles. The Bertz CT molecular complexity index is 448. The lowest BCUT2D eigenvalue weighted by Crippen LogP contribution is -2.27. The topological polar surface area (TPSA) is 67.3 Å². The van der Waals surface area contributed by atoms with Crippen molar-refractivity contribution < 1.29 is 4.39 Å². The van der Waals surface area contributed by atoms with Crippen molar-refractivity contribution >= 4 is 28.7 Å². The fourth-order valence-corrected chi connectivity index (χ4v) is 2.05. The first-order valence-corrected chi connectivity index (χ1v) is 6.35. The number of nitrogens with zero attached hydrogens (tertiary/aromatic N) is 1. The lowest BCUT2D eigenvalue weighted by atomic mass is 10.2. The highest BCUT2D eigenvalue weighted by molar-refractivity contribution is 6.33. The molecule has 1 aliphatic carbocycles. The Morgan fingerprint density at radius 1 is 1.44 bits per heavy atom. The summed E-state index contributed by atoms with van der Waals surface area (Å²) < 4.78 is 13.9. The van der Waals surface area contributed by atoms with E-state index in [-0.39, 0.29) is 22.1 Å². The maximum atomic E-state index is 13.9. The number of hydrogen-bond acceptors (Lipinski definition) is 4. The van der Waals surface area contributed by atoms with E-state index in [1.807, 2.05) is 0 Å². The normalized spacial score (nSPS) is 15.1. The molecule has 100 valence electrons. The lowest BCUT2D eigenvalue weighted by molar-refractivity contribution is 0.337. The molecule has 18 heavy (non-hydrogen) atoms. The van der Waals surface area contributed by atoms with E-state index in [4.69, 9.17) is 23.1 Å². The van der Waals surface area contributed by atoms with Crippen molar-refractivity contribution in [3.63, 3.8) is 0 Å². The van der Waals surface area contributed by atoms with Crippen LogP contribution in [-0.2, 0) is 0 Å². The monoisotopic (exact) mass is 272 g/mol. The lowest BCUT2D eigenvalue weighted by Gasteiger charge is -2.18. The molecule has 0 atom stereocenters. The smallest absolute Gasteiger partial charge is 0.169 e. The Balaban J connectivity index is 1.98. The molecule has 0 saturated heterocycles. The average molecular weight is 273 g/mol. The molecule has 1 aliphatic rings. The second kappa shape index (κ2) is 5.20. The SMILES string of the molecule is CN(CCNc1c(N)cc(N)c(Cl)c1F)C1CC1. The molecule has 1 saturated carbocycles. The molecule has 0 radical (unpaired) electrons. The Morgan fingerprint density at radius 3 is 2.72 bits per heavy atom. The van der Waals surface area contributed by atoms with Gasteiger partial charge in [0.05, 0.1) is 17.1 Å². The fraction of sp³-hybridized carbons (Fsp3) is 0.500. The number of nitrogens with one attached hydrogen (secondary N) is 1. The number of likely N-dealkylation sites (N-methyl/N-ethyl adjacent to an activating group) is 1. The second-order valence-corrected chi connectivity index (χ2v) is 5.07. The first kappa shape index (κ1) is 13.2. The van der Waals surface area contributed by atoms with Crippen LogP contribution in [0.4, 0.5) is 21.5 Å². The minimum Gasteiger partial charge on any atom is -0.397 e. The zero-order valence-electron chi connectivity index (χ0n) is 10.3. The van der Waals surface area contributed by atoms with Crippen LogP contribution >= 0.6 is 11.6 Å². The summed E-state index contributed by atoms with van der Waals surface area (Å²) >= 11 is 5.75. The predicted octanol–water partition coefficient (Wildman–Crippen LogP) is 2.15. The number of nitrogens with two attached hydrogens (primary N) is 2. The summed E-state index contributed by atoms with van der Waals surface area (Å²) in [5.74, 6) is -0.580. The first-order chi connectivity index (χ1) is 8.50. The summed E-state index contributed by atoms with van der Waals surface area (Å²) in [6, 6.07) is 2.15. The minimum absolute atomic E-state index is 0.0813. The molecule has 0 amide bonds. The summed E-state index contributed by atoms with van der Waals surface area (Å²) in [7, 11) is 2.06. The number of anilines is 3. The molecule has 1 aromatic carbocycles. The van der Waals surface area contributed by atoms with Gasteiger partial charge in [0, 0.05) is 19.1 Å². The van der Waals surface area contributed by atoms with Crippen LogP contribution in [0.15, 0.2) is 6.07 Å². The quantitative estimate of drug-likeness (QED) is 0.719. The van der Waals surface area contributed by atoms with Gasteiger partial charge in [0.2, 0.25) is 0 Å². The van der Waals surface area contributed by atoms with E-state index in [1.54, 1.807) is 0 Å². The van der Waals surface area contributed by atoms with Gasteiger partial charge in [-0.15, -0.1) is 0 Å². The van der Waals surface area contributed by atoms with Crippen LogP contribution in [0.3, 0.4) is 0 Å². The third-order valence-electron chi connectivity index (χ3n) is 3.20. The Hall–Kier alpha value is -1.20. The number of rotatable bonds is 5. The molecule has 0 aromatic heterocycles. The molecule has 6 heteroatoms. The van der Waals surface area contributed by atoms with Crippen molar-refractivity contribution in [2.45, 2.75) is 18.9 Å². The van der Waals surface area contributed by atoms with Gasteiger partial charge in [-0.3, -0.25) is 0 Å². The van der Waals surface area contributed by atoms with E-state index >= 15 is 0 Å². The van der Waals surface area contributed by atoms with Crippen molar-refractivity contribution in [2.24, 2.45) is 0 Å². The second-order valence-electron chi connectivity index (χ2n) is 4.70. The van der Waals surface area contributed by atoms with Crippen LogP contribution in [0, 0.1) is 5.82 Å². The predicted molar refractivity (Wildman–Crippen MR) is 74.4 cm³/mol. The van der Waals surface area contributed by atoms with Crippen molar-refractivity contribution in [1.82, 2.24) is 4.90 Å². The van der Waals surface area contributed by atoms with Crippen molar-refractivity contribution in [3.05, 3.63) is 16.9 Å². The van der Waals surface area contributed by atoms with Gasteiger partial charge in [-0.2, -0.15) is 0 Å². The summed E-state index contributed by atoms with van der Waals surface area (Å²) in [5.41, 5.74) is 11.9. The maximum Gasteiger partial charge on any atom is 0.169 e. The minimum atomic E-state index is -0.580. The van der Waals surface area contributed by atoms with Crippen molar-refractivity contribution in [3.8, 4) is 0 Å². The van der Waals surface area contributed by atoms with Gasteiger partial charge < -0.3 is 21.7 Å². The van der Waals surface area contributed by atoms with E-state index in [1.165, 1.54) is 18.9 Å². The average Bonchev–Trinajstić information content (AvgIpc) is 3.14. The standard InChI is InChI=1S/C12H18ClFN4/c1-18(7-2-3-7)5-4-17-12-9(16)6-8(15)10(13)11(12)14/h6-7,17H,2-5,15-16H2,1H3. The molecule has 4 nitrogen and oxygen atoms in total. The molecule has 0 heterocycles. The van der Waals surface area contributed by atoms with Crippen LogP contribution in [0.5, 0.6) is 0 Å². The van der Waals surface area contributed by atoms with Crippen molar-refractivity contribution in [1.29, 1.82) is 0 Å². The van der Waals surface area contributed by atoms with Gasteiger partial charge in [-0.25, -0.2) is 4.39 Å². The third-order valence-corrected chi connectivity index (χ3v) is 3.59. The Kier molecular flexibility index (Phi) is 3.82. The number of benzene rings is 1. The number of halogens is 2. The number of hydrogen-bond donors (Lipinski definition) is 3. The molecule has 1 fully saturated rings. The van der Waals surface area contributed by atoms with Gasteiger partial charge >= 0.3 is 0 Å². The Labute approximate surface area is 111 Å². The third kappa shape index (κ3) is 2.79. The maximum absolute atomic E-state index is 13.9. The summed E-state index contributed by atoms with van der Waals surface area (Å²) in [4.78, 5) is 2.25. The fourth-order valence-electron chi connectivity index (χ4n) is 1.90.